The second kappa shape index (κ2) is 8.83. The Morgan fingerprint density at radius 3 is 2.69 bits per heavy atom. The lowest BCUT2D eigenvalue weighted by molar-refractivity contribution is 0.122. The van der Waals surface area contributed by atoms with Crippen molar-refractivity contribution in [2.75, 3.05) is 49.7 Å². The van der Waals surface area contributed by atoms with Crippen molar-refractivity contribution in [3.05, 3.63) is 52.1 Å². The van der Waals surface area contributed by atoms with Crippen molar-refractivity contribution < 1.29 is 14.2 Å². The molecule has 0 aliphatic carbocycles. The summed E-state index contributed by atoms with van der Waals surface area (Å²) < 4.78 is 16.6. The highest BCUT2D eigenvalue weighted by molar-refractivity contribution is 5.62. The summed E-state index contributed by atoms with van der Waals surface area (Å²) in [4.78, 5) is 30.8. The van der Waals surface area contributed by atoms with Gasteiger partial charge in [0, 0.05) is 37.5 Å². The summed E-state index contributed by atoms with van der Waals surface area (Å²) in [7, 11) is 0. The minimum atomic E-state index is -0.253. The number of hydrogen-bond acceptors (Lipinski definition) is 9. The second-order valence-electron chi connectivity index (χ2n) is 7.58. The van der Waals surface area contributed by atoms with Gasteiger partial charge in [0.05, 0.1) is 24.6 Å². The van der Waals surface area contributed by atoms with Crippen LogP contribution in [0, 0.1) is 6.92 Å². The van der Waals surface area contributed by atoms with Crippen LogP contribution in [0.15, 0.2) is 35.3 Å². The zero-order valence-corrected chi connectivity index (χ0v) is 17.8. The van der Waals surface area contributed by atoms with Gasteiger partial charge in [0.2, 0.25) is 11.9 Å². The molecule has 2 N–H and O–H groups in total. The third kappa shape index (κ3) is 4.35. The first-order chi connectivity index (χ1) is 15.7. The number of morpholine rings is 1. The first-order valence-corrected chi connectivity index (χ1v) is 10.6. The molecule has 4 heterocycles. The molecule has 1 saturated heterocycles. The molecule has 32 heavy (non-hydrogen) atoms. The van der Waals surface area contributed by atoms with Crippen LogP contribution in [-0.2, 0) is 11.3 Å². The number of aromatic amines is 1. The van der Waals surface area contributed by atoms with E-state index in [-0.39, 0.29) is 5.56 Å². The van der Waals surface area contributed by atoms with Crippen LogP contribution in [0.1, 0.15) is 11.3 Å². The van der Waals surface area contributed by atoms with E-state index >= 15 is 0 Å². The van der Waals surface area contributed by atoms with Crippen LogP contribution in [0.5, 0.6) is 11.5 Å². The SMILES string of the molecule is Cc1nc(N2CCOCC2)ncc1-c1cc(=O)[nH]c(NCc2ccc3c(c2)OCCO3)n1. The number of rotatable bonds is 5. The lowest BCUT2D eigenvalue weighted by atomic mass is 10.1. The zero-order chi connectivity index (χ0) is 21.9. The number of nitrogens with one attached hydrogen (secondary N) is 2. The number of ether oxygens (including phenoxy) is 3. The van der Waals surface area contributed by atoms with Crippen molar-refractivity contribution in [1.82, 2.24) is 19.9 Å². The Morgan fingerprint density at radius 2 is 1.88 bits per heavy atom. The summed E-state index contributed by atoms with van der Waals surface area (Å²) in [5, 5.41) is 3.18. The topological polar surface area (TPSA) is 114 Å². The number of aromatic nitrogens is 4. The standard InChI is InChI=1S/C22H24N6O4/c1-14-16(13-24-22(25-14)28-4-6-30-7-5-28)17-11-20(29)27-21(26-17)23-12-15-2-3-18-19(10-15)32-9-8-31-18/h2-3,10-11,13H,4-9,12H2,1H3,(H2,23,26,27,29). The van der Waals surface area contributed by atoms with Crippen LogP contribution < -0.4 is 25.2 Å². The summed E-state index contributed by atoms with van der Waals surface area (Å²) >= 11 is 0. The van der Waals surface area contributed by atoms with Crippen molar-refractivity contribution in [3.63, 3.8) is 0 Å². The minimum Gasteiger partial charge on any atom is -0.486 e. The zero-order valence-electron chi connectivity index (χ0n) is 17.8. The molecule has 0 saturated carbocycles. The van der Waals surface area contributed by atoms with Crippen molar-refractivity contribution in [1.29, 1.82) is 0 Å². The molecule has 0 atom stereocenters. The van der Waals surface area contributed by atoms with Gasteiger partial charge in [-0.1, -0.05) is 6.07 Å². The summed E-state index contributed by atoms with van der Waals surface area (Å²) in [6.07, 6.45) is 1.72. The number of hydrogen-bond donors (Lipinski definition) is 2. The van der Waals surface area contributed by atoms with E-state index in [9.17, 15) is 4.79 Å². The number of H-pyrrole nitrogens is 1. The maximum absolute atomic E-state index is 12.3. The highest BCUT2D eigenvalue weighted by Crippen LogP contribution is 2.31. The number of fused-ring (bicyclic) bond motifs is 1. The minimum absolute atomic E-state index is 0.253. The normalized spacial score (nSPS) is 15.5. The van der Waals surface area contributed by atoms with Crippen LogP contribution in [0.3, 0.4) is 0 Å². The van der Waals surface area contributed by atoms with Crippen LogP contribution in [0.25, 0.3) is 11.3 Å². The molecule has 1 aromatic carbocycles. The van der Waals surface area contributed by atoms with E-state index < -0.39 is 0 Å². The molecule has 10 heteroatoms. The molecule has 0 spiro atoms. The lowest BCUT2D eigenvalue weighted by Crippen LogP contribution is -2.37. The molecule has 2 aliphatic rings. The van der Waals surface area contributed by atoms with Gasteiger partial charge < -0.3 is 24.4 Å². The Hall–Kier alpha value is -3.66. The maximum Gasteiger partial charge on any atom is 0.252 e. The molecule has 0 radical (unpaired) electrons. The van der Waals surface area contributed by atoms with Crippen molar-refractivity contribution >= 4 is 11.9 Å². The quantitative estimate of drug-likeness (QED) is 0.617. The molecular formula is C22H24N6O4. The Kier molecular flexibility index (Phi) is 5.59. The van der Waals surface area contributed by atoms with Crippen LogP contribution in [-0.4, -0.2) is 59.5 Å². The first-order valence-electron chi connectivity index (χ1n) is 10.6. The van der Waals surface area contributed by atoms with E-state index in [0.29, 0.717) is 50.6 Å². The van der Waals surface area contributed by atoms with Crippen molar-refractivity contribution in [2.45, 2.75) is 13.5 Å². The van der Waals surface area contributed by atoms with Gasteiger partial charge >= 0.3 is 0 Å². The van der Waals surface area contributed by atoms with E-state index in [2.05, 4.69) is 30.2 Å². The molecule has 0 unspecified atom stereocenters. The third-order valence-electron chi connectivity index (χ3n) is 5.34. The predicted octanol–water partition coefficient (Wildman–Crippen LogP) is 1.76. The summed E-state index contributed by atoms with van der Waals surface area (Å²) in [5.74, 6) is 2.50. The van der Waals surface area contributed by atoms with Crippen LogP contribution in [0.2, 0.25) is 0 Å². The van der Waals surface area contributed by atoms with Gasteiger partial charge in [-0.3, -0.25) is 9.78 Å². The Labute approximate surface area is 184 Å². The first kappa shape index (κ1) is 20.3. The molecule has 1 fully saturated rings. The van der Waals surface area contributed by atoms with Gasteiger partial charge in [-0.05, 0) is 24.6 Å². The molecule has 10 nitrogen and oxygen atoms in total. The van der Waals surface area contributed by atoms with Crippen molar-refractivity contribution in [2.24, 2.45) is 0 Å². The maximum atomic E-state index is 12.3. The summed E-state index contributed by atoms with van der Waals surface area (Å²) in [6, 6.07) is 7.21. The Bertz CT molecular complexity index is 1180. The molecule has 2 aliphatic heterocycles. The van der Waals surface area contributed by atoms with Gasteiger partial charge in [-0.25, -0.2) is 15.0 Å². The van der Waals surface area contributed by atoms with E-state index in [1.54, 1.807) is 6.20 Å². The van der Waals surface area contributed by atoms with Crippen molar-refractivity contribution in [3.8, 4) is 22.8 Å². The van der Waals surface area contributed by atoms with E-state index in [0.717, 1.165) is 41.4 Å². The van der Waals surface area contributed by atoms with Crippen LogP contribution in [0.4, 0.5) is 11.9 Å². The van der Waals surface area contributed by atoms with Gasteiger partial charge in [0.15, 0.2) is 11.5 Å². The monoisotopic (exact) mass is 436 g/mol. The lowest BCUT2D eigenvalue weighted by Gasteiger charge is -2.27. The number of nitrogens with zero attached hydrogens (tertiary/aromatic N) is 4. The highest BCUT2D eigenvalue weighted by atomic mass is 16.6. The van der Waals surface area contributed by atoms with E-state index in [4.69, 9.17) is 14.2 Å². The van der Waals surface area contributed by atoms with Gasteiger partial charge in [-0.2, -0.15) is 0 Å². The number of aryl methyl sites for hydroxylation is 1. The number of benzene rings is 1. The second-order valence-corrected chi connectivity index (χ2v) is 7.58. The van der Waals surface area contributed by atoms with Gasteiger partial charge in [0.1, 0.15) is 13.2 Å². The average molecular weight is 436 g/mol. The Balaban J connectivity index is 1.34. The Morgan fingerprint density at radius 1 is 1.06 bits per heavy atom. The smallest absolute Gasteiger partial charge is 0.252 e. The number of anilines is 2. The molecule has 2 aromatic heterocycles. The van der Waals surface area contributed by atoms with Gasteiger partial charge in [0.25, 0.3) is 5.56 Å². The fraction of sp³-hybridized carbons (Fsp3) is 0.364. The van der Waals surface area contributed by atoms with E-state index in [1.165, 1.54) is 6.07 Å². The van der Waals surface area contributed by atoms with Gasteiger partial charge in [-0.15, -0.1) is 0 Å². The summed E-state index contributed by atoms with van der Waals surface area (Å²) in [6.45, 7) is 6.30. The molecule has 0 amide bonds. The molecular weight excluding hydrogens is 412 g/mol. The highest BCUT2D eigenvalue weighted by Gasteiger charge is 2.16. The molecule has 5 rings (SSSR count). The predicted molar refractivity (Wildman–Crippen MR) is 118 cm³/mol. The molecule has 3 aromatic rings. The fourth-order valence-electron chi connectivity index (χ4n) is 3.68. The third-order valence-corrected chi connectivity index (χ3v) is 5.34. The van der Waals surface area contributed by atoms with Crippen LogP contribution >= 0.6 is 0 Å². The molecule has 166 valence electrons. The summed E-state index contributed by atoms with van der Waals surface area (Å²) in [5.41, 5.74) is 2.73. The average Bonchev–Trinajstić information content (AvgIpc) is 2.83. The van der Waals surface area contributed by atoms with E-state index in [1.807, 2.05) is 25.1 Å². The largest absolute Gasteiger partial charge is 0.486 e. The molecule has 0 bridgehead atoms. The fourth-order valence-corrected chi connectivity index (χ4v) is 3.68.